The number of aromatic nitrogens is 2. The Balaban J connectivity index is 1.50. The average molecular weight is 292 g/mol. The molecular weight excluding hydrogens is 272 g/mol. The maximum atomic E-state index is 12.3. The molecule has 7 heteroatoms. The van der Waals surface area contributed by atoms with Crippen molar-refractivity contribution in [2.45, 2.75) is 31.8 Å². The van der Waals surface area contributed by atoms with Gasteiger partial charge in [-0.15, -0.1) is 0 Å². The van der Waals surface area contributed by atoms with Gasteiger partial charge in [0.1, 0.15) is 0 Å². The molecule has 1 aromatic rings. The molecule has 1 atom stereocenters. The largest absolute Gasteiger partial charge is 0.476 e. The van der Waals surface area contributed by atoms with Crippen molar-refractivity contribution in [2.24, 2.45) is 0 Å². The van der Waals surface area contributed by atoms with Gasteiger partial charge in [-0.05, 0) is 25.5 Å². The summed E-state index contributed by atoms with van der Waals surface area (Å²) in [5.74, 6) is -0.911. The van der Waals surface area contributed by atoms with Gasteiger partial charge in [-0.2, -0.15) is 5.10 Å². The molecule has 0 saturated carbocycles. The lowest BCUT2D eigenvalue weighted by Gasteiger charge is -2.37. The fourth-order valence-electron chi connectivity index (χ4n) is 3.19. The number of carboxylic acid groups (broad SMARTS) is 1. The molecule has 1 unspecified atom stereocenters. The van der Waals surface area contributed by atoms with Gasteiger partial charge in [-0.25, -0.2) is 4.79 Å². The number of amides is 1. The van der Waals surface area contributed by atoms with Crippen molar-refractivity contribution < 1.29 is 14.7 Å². The summed E-state index contributed by atoms with van der Waals surface area (Å²) in [6.07, 6.45) is 4.39. The van der Waals surface area contributed by atoms with E-state index in [1.165, 1.54) is 23.6 Å². The highest BCUT2D eigenvalue weighted by Gasteiger charge is 2.32. The van der Waals surface area contributed by atoms with Crippen LogP contribution >= 0.6 is 0 Å². The number of piperazine rings is 1. The van der Waals surface area contributed by atoms with Crippen LogP contribution < -0.4 is 0 Å². The van der Waals surface area contributed by atoms with Crippen LogP contribution in [0.15, 0.2) is 12.3 Å². The Labute approximate surface area is 123 Å². The maximum absolute atomic E-state index is 12.3. The van der Waals surface area contributed by atoms with Crippen molar-refractivity contribution >= 4 is 11.9 Å². The maximum Gasteiger partial charge on any atom is 0.356 e. The zero-order chi connectivity index (χ0) is 14.8. The van der Waals surface area contributed by atoms with Gasteiger partial charge in [-0.1, -0.05) is 0 Å². The summed E-state index contributed by atoms with van der Waals surface area (Å²) in [5.41, 5.74) is 0.0158. The third-order valence-electron chi connectivity index (χ3n) is 4.35. The zero-order valence-corrected chi connectivity index (χ0v) is 11.9. The minimum Gasteiger partial charge on any atom is -0.476 e. The summed E-state index contributed by atoms with van der Waals surface area (Å²) in [7, 11) is 0. The Hall–Kier alpha value is -1.89. The lowest BCUT2D eigenvalue weighted by Crippen LogP contribution is -2.52. The van der Waals surface area contributed by atoms with Gasteiger partial charge in [0.05, 0.1) is 0 Å². The molecule has 0 aliphatic carbocycles. The van der Waals surface area contributed by atoms with E-state index in [0.717, 1.165) is 26.2 Å². The second-order valence-electron chi connectivity index (χ2n) is 5.69. The van der Waals surface area contributed by atoms with Gasteiger partial charge in [0, 0.05) is 44.8 Å². The van der Waals surface area contributed by atoms with Crippen LogP contribution in [0.4, 0.5) is 0 Å². The number of aryl methyl sites for hydroxylation is 1. The lowest BCUT2D eigenvalue weighted by molar-refractivity contribution is -0.134. The Morgan fingerprint density at radius 3 is 2.95 bits per heavy atom. The molecule has 2 aliphatic rings. The topological polar surface area (TPSA) is 78.7 Å². The number of aromatic carboxylic acids is 1. The molecule has 114 valence electrons. The Kier molecular flexibility index (Phi) is 3.92. The summed E-state index contributed by atoms with van der Waals surface area (Å²) in [6, 6.07) is 1.98. The molecule has 0 radical (unpaired) electrons. The third-order valence-corrected chi connectivity index (χ3v) is 4.35. The first-order valence-corrected chi connectivity index (χ1v) is 7.42. The van der Waals surface area contributed by atoms with Crippen LogP contribution in [-0.2, 0) is 11.3 Å². The van der Waals surface area contributed by atoms with Crippen LogP contribution in [-0.4, -0.2) is 68.8 Å². The van der Waals surface area contributed by atoms with E-state index in [4.69, 9.17) is 5.11 Å². The van der Waals surface area contributed by atoms with Crippen LogP contribution in [0.3, 0.4) is 0 Å². The summed E-state index contributed by atoms with van der Waals surface area (Å²) >= 11 is 0. The SMILES string of the molecule is O=C(O)c1ccn(CCC(=O)N2CCN3CCCC3C2)n1. The first-order chi connectivity index (χ1) is 10.1. The van der Waals surface area contributed by atoms with Crippen molar-refractivity contribution in [3.8, 4) is 0 Å². The van der Waals surface area contributed by atoms with Crippen LogP contribution in [0.25, 0.3) is 0 Å². The van der Waals surface area contributed by atoms with Gasteiger partial charge in [-0.3, -0.25) is 14.4 Å². The predicted molar refractivity (Wildman–Crippen MR) is 75.0 cm³/mol. The molecule has 21 heavy (non-hydrogen) atoms. The van der Waals surface area contributed by atoms with Crippen molar-refractivity contribution in [3.63, 3.8) is 0 Å². The molecule has 0 spiro atoms. The number of rotatable bonds is 4. The molecule has 1 N–H and O–H groups in total. The molecule has 2 saturated heterocycles. The minimum atomic E-state index is -1.04. The van der Waals surface area contributed by atoms with E-state index in [1.807, 2.05) is 4.90 Å². The van der Waals surface area contributed by atoms with Crippen LogP contribution in [0.1, 0.15) is 29.8 Å². The van der Waals surface area contributed by atoms with E-state index in [1.54, 1.807) is 6.20 Å². The standard InChI is InChI=1S/C14H20N4O3/c19-13(4-7-18-6-3-12(15-18)14(20)21)17-9-8-16-5-1-2-11(16)10-17/h3,6,11H,1-2,4-5,7-10H2,(H,20,21). The monoisotopic (exact) mass is 292 g/mol. The van der Waals surface area contributed by atoms with Gasteiger partial charge in [0.2, 0.25) is 5.91 Å². The van der Waals surface area contributed by atoms with Crippen molar-refractivity contribution in [2.75, 3.05) is 26.2 Å². The molecular formula is C14H20N4O3. The highest BCUT2D eigenvalue weighted by molar-refractivity contribution is 5.85. The Bertz CT molecular complexity index is 542. The van der Waals surface area contributed by atoms with E-state index >= 15 is 0 Å². The van der Waals surface area contributed by atoms with Crippen molar-refractivity contribution in [1.82, 2.24) is 19.6 Å². The third kappa shape index (κ3) is 3.07. The van der Waals surface area contributed by atoms with Crippen LogP contribution in [0.5, 0.6) is 0 Å². The average Bonchev–Trinajstić information content (AvgIpc) is 3.12. The molecule has 0 bridgehead atoms. The van der Waals surface area contributed by atoms with E-state index in [9.17, 15) is 9.59 Å². The first-order valence-electron chi connectivity index (χ1n) is 7.42. The number of fused-ring (bicyclic) bond motifs is 1. The number of hydrogen-bond acceptors (Lipinski definition) is 4. The van der Waals surface area contributed by atoms with Gasteiger partial charge < -0.3 is 10.0 Å². The second-order valence-corrected chi connectivity index (χ2v) is 5.69. The number of carboxylic acids is 1. The normalized spacial score (nSPS) is 22.3. The lowest BCUT2D eigenvalue weighted by atomic mass is 10.1. The fraction of sp³-hybridized carbons (Fsp3) is 0.643. The van der Waals surface area contributed by atoms with E-state index < -0.39 is 5.97 Å². The number of hydrogen-bond donors (Lipinski definition) is 1. The van der Waals surface area contributed by atoms with Crippen LogP contribution in [0, 0.1) is 0 Å². The van der Waals surface area contributed by atoms with Gasteiger partial charge in [0.15, 0.2) is 5.69 Å². The van der Waals surface area contributed by atoms with E-state index in [-0.39, 0.29) is 11.6 Å². The van der Waals surface area contributed by atoms with E-state index in [0.29, 0.717) is 19.0 Å². The van der Waals surface area contributed by atoms with Gasteiger partial charge in [0.25, 0.3) is 0 Å². The molecule has 0 aromatic carbocycles. The van der Waals surface area contributed by atoms with Crippen molar-refractivity contribution in [1.29, 1.82) is 0 Å². The summed E-state index contributed by atoms with van der Waals surface area (Å²) in [4.78, 5) is 27.4. The Morgan fingerprint density at radius 1 is 1.33 bits per heavy atom. The molecule has 3 heterocycles. The molecule has 2 aliphatic heterocycles. The summed E-state index contributed by atoms with van der Waals surface area (Å²) < 4.78 is 1.52. The molecule has 1 aromatic heterocycles. The predicted octanol–water partition coefficient (Wildman–Crippen LogP) is 0.278. The first kappa shape index (κ1) is 14.1. The zero-order valence-electron chi connectivity index (χ0n) is 11.9. The second kappa shape index (κ2) is 5.85. The van der Waals surface area contributed by atoms with Crippen LogP contribution in [0.2, 0.25) is 0 Å². The quantitative estimate of drug-likeness (QED) is 0.862. The highest BCUT2D eigenvalue weighted by Crippen LogP contribution is 2.21. The molecule has 3 rings (SSSR count). The number of carbonyl (C=O) groups is 2. The highest BCUT2D eigenvalue weighted by atomic mass is 16.4. The Morgan fingerprint density at radius 2 is 2.19 bits per heavy atom. The summed E-state index contributed by atoms with van der Waals surface area (Å²) in [5, 5.41) is 12.7. The van der Waals surface area contributed by atoms with E-state index in [2.05, 4.69) is 10.00 Å². The minimum absolute atomic E-state index is 0.0158. The van der Waals surface area contributed by atoms with Crippen molar-refractivity contribution in [3.05, 3.63) is 18.0 Å². The van der Waals surface area contributed by atoms with Gasteiger partial charge >= 0.3 is 5.97 Å². The fourth-order valence-corrected chi connectivity index (χ4v) is 3.19. The smallest absolute Gasteiger partial charge is 0.356 e. The summed E-state index contributed by atoms with van der Waals surface area (Å²) in [6.45, 7) is 4.20. The molecule has 1 amide bonds. The molecule has 2 fully saturated rings. The number of nitrogens with zero attached hydrogens (tertiary/aromatic N) is 4. The number of carbonyl (C=O) groups excluding carboxylic acids is 1. The molecule has 7 nitrogen and oxygen atoms in total.